The van der Waals surface area contributed by atoms with Gasteiger partial charge in [0, 0.05) is 74.3 Å². The summed E-state index contributed by atoms with van der Waals surface area (Å²) in [6.45, 7) is 3.16. The van der Waals surface area contributed by atoms with Crippen LogP contribution in [0.1, 0.15) is 32.2 Å². The number of halogens is 4. The average Bonchev–Trinajstić information content (AvgIpc) is 3.90. The SMILES string of the molecule is O=C(/C=C/c1ccc(Sc2ccc(/C=C/C(=O)N3CCN(C(=O)c4ccco4)CC3)c(Cl)c2Cl)c(Cl)c1Cl)N1CCN(C(=O)c2ccco2)CC1. The van der Waals surface area contributed by atoms with Gasteiger partial charge in [-0.1, -0.05) is 70.3 Å². The van der Waals surface area contributed by atoms with Crippen molar-refractivity contribution in [2.24, 2.45) is 0 Å². The zero-order chi connectivity index (χ0) is 36.1. The molecule has 2 aromatic heterocycles. The summed E-state index contributed by atoms with van der Waals surface area (Å²) in [5, 5.41) is 1.11. The minimum Gasteiger partial charge on any atom is -0.459 e. The Kier molecular flexibility index (Phi) is 11.8. The van der Waals surface area contributed by atoms with Crippen LogP contribution in [0, 0.1) is 0 Å². The summed E-state index contributed by atoms with van der Waals surface area (Å²) in [6, 6.07) is 13.6. The van der Waals surface area contributed by atoms with Gasteiger partial charge in [-0.25, -0.2) is 0 Å². The van der Waals surface area contributed by atoms with E-state index in [1.807, 2.05) is 0 Å². The number of hydrogen-bond acceptors (Lipinski definition) is 7. The molecule has 6 rings (SSSR count). The van der Waals surface area contributed by atoms with E-state index in [2.05, 4.69) is 0 Å². The van der Waals surface area contributed by atoms with E-state index in [-0.39, 0.29) is 55.2 Å². The third kappa shape index (κ3) is 8.51. The second kappa shape index (κ2) is 16.5. The van der Waals surface area contributed by atoms with E-state index in [0.717, 1.165) is 0 Å². The number of benzene rings is 2. The van der Waals surface area contributed by atoms with Gasteiger partial charge in [0.25, 0.3) is 11.8 Å². The van der Waals surface area contributed by atoms with Crippen LogP contribution in [0.4, 0.5) is 0 Å². The van der Waals surface area contributed by atoms with E-state index >= 15 is 0 Å². The van der Waals surface area contributed by atoms with Gasteiger partial charge < -0.3 is 28.4 Å². The lowest BCUT2D eigenvalue weighted by molar-refractivity contribution is -0.128. The minimum atomic E-state index is -0.205. The predicted octanol–water partition coefficient (Wildman–Crippen LogP) is 7.63. The van der Waals surface area contributed by atoms with Crippen LogP contribution in [-0.4, -0.2) is 95.6 Å². The molecule has 0 N–H and O–H groups in total. The highest BCUT2D eigenvalue weighted by Gasteiger charge is 2.27. The van der Waals surface area contributed by atoms with E-state index in [9.17, 15) is 19.2 Å². The maximum atomic E-state index is 12.9. The van der Waals surface area contributed by atoms with E-state index in [4.69, 9.17) is 55.2 Å². The van der Waals surface area contributed by atoms with E-state index in [0.29, 0.717) is 73.3 Å². The van der Waals surface area contributed by atoms with Gasteiger partial charge >= 0.3 is 0 Å². The van der Waals surface area contributed by atoms with Crippen LogP contribution < -0.4 is 0 Å². The first kappa shape index (κ1) is 36.7. The summed E-state index contributed by atoms with van der Waals surface area (Å²) in [7, 11) is 0. The number of carbonyl (C=O) groups excluding carboxylic acids is 4. The Morgan fingerprint density at radius 3 is 1.25 bits per heavy atom. The van der Waals surface area contributed by atoms with Crippen LogP contribution in [0.15, 0.2) is 91.8 Å². The molecule has 4 aromatic rings. The second-order valence-electron chi connectivity index (χ2n) is 11.5. The molecule has 15 heteroatoms. The lowest BCUT2D eigenvalue weighted by Gasteiger charge is -2.33. The Bertz CT molecular complexity index is 1840. The molecule has 0 saturated carbocycles. The average molecular weight is 789 g/mol. The van der Waals surface area contributed by atoms with Crippen molar-refractivity contribution in [3.05, 3.63) is 116 Å². The van der Waals surface area contributed by atoms with Crippen molar-refractivity contribution in [2.45, 2.75) is 9.79 Å². The molecule has 10 nitrogen and oxygen atoms in total. The van der Waals surface area contributed by atoms with E-state index < -0.39 is 0 Å². The van der Waals surface area contributed by atoms with Gasteiger partial charge in [0.05, 0.1) is 32.6 Å². The Hall–Kier alpha value is -4.13. The Morgan fingerprint density at radius 1 is 0.529 bits per heavy atom. The van der Waals surface area contributed by atoms with Gasteiger partial charge in [-0.05, 0) is 59.7 Å². The Balaban J connectivity index is 1.03. The summed E-state index contributed by atoms with van der Waals surface area (Å²) >= 11 is 27.8. The highest BCUT2D eigenvalue weighted by molar-refractivity contribution is 7.99. The van der Waals surface area contributed by atoms with Gasteiger partial charge in [0.15, 0.2) is 11.5 Å². The number of hydrogen-bond donors (Lipinski definition) is 0. The molecule has 4 amide bonds. The molecule has 0 aliphatic carbocycles. The molecule has 0 bridgehead atoms. The zero-order valence-corrected chi connectivity index (χ0v) is 30.7. The third-order valence-corrected chi connectivity index (χ3v) is 11.5. The fourth-order valence-corrected chi connectivity index (χ4v) is 7.57. The first-order chi connectivity index (χ1) is 24.6. The smallest absolute Gasteiger partial charge is 0.289 e. The molecule has 2 aromatic carbocycles. The summed E-state index contributed by atoms with van der Waals surface area (Å²) in [4.78, 5) is 58.7. The van der Waals surface area contributed by atoms with Crippen molar-refractivity contribution in [3.63, 3.8) is 0 Å². The van der Waals surface area contributed by atoms with Gasteiger partial charge in [-0.2, -0.15) is 0 Å². The normalized spacial score (nSPS) is 15.3. The van der Waals surface area contributed by atoms with Crippen molar-refractivity contribution in [2.75, 3.05) is 52.4 Å². The molecule has 264 valence electrons. The number of furan rings is 2. The molecule has 0 unspecified atom stereocenters. The lowest BCUT2D eigenvalue weighted by atomic mass is 10.2. The van der Waals surface area contributed by atoms with Crippen LogP contribution in [0.3, 0.4) is 0 Å². The third-order valence-electron chi connectivity index (χ3n) is 8.41. The van der Waals surface area contributed by atoms with Crippen molar-refractivity contribution in [1.29, 1.82) is 0 Å². The van der Waals surface area contributed by atoms with Crippen LogP contribution >= 0.6 is 58.2 Å². The second-order valence-corrected chi connectivity index (χ2v) is 14.1. The molecule has 4 heterocycles. The molecular formula is C36H30Cl4N4O6S. The minimum absolute atomic E-state index is 0.200. The van der Waals surface area contributed by atoms with Gasteiger partial charge in [0.2, 0.25) is 11.8 Å². The van der Waals surface area contributed by atoms with Gasteiger partial charge in [-0.15, -0.1) is 0 Å². The predicted molar refractivity (Wildman–Crippen MR) is 197 cm³/mol. The highest BCUT2D eigenvalue weighted by atomic mass is 35.5. The molecule has 2 aliphatic rings. The van der Waals surface area contributed by atoms with Gasteiger partial charge in [0.1, 0.15) is 0 Å². The fraction of sp³-hybridized carbons (Fsp3) is 0.222. The van der Waals surface area contributed by atoms with Crippen molar-refractivity contribution in [3.8, 4) is 0 Å². The zero-order valence-electron chi connectivity index (χ0n) is 26.9. The molecule has 51 heavy (non-hydrogen) atoms. The fourth-order valence-electron chi connectivity index (χ4n) is 5.53. The quantitative estimate of drug-likeness (QED) is 0.169. The number of piperazine rings is 2. The first-order valence-corrected chi connectivity index (χ1v) is 18.2. The maximum Gasteiger partial charge on any atom is 0.289 e. The standard InChI is InChI=1S/C36H30Cl4N4O6S/c37-31-23(7-11-29(45)41-13-17-43(18-14-41)35(47)25-3-1-21-49-25)5-9-27(33(31)39)51-28-10-6-24(32(38)34(28)40)8-12-30(46)42-15-19-44(20-16-42)36(48)26-4-2-22-50-26/h1-12,21-22H,13-20H2/b11-7+,12-8+. The van der Waals surface area contributed by atoms with Crippen molar-refractivity contribution < 1.29 is 28.0 Å². The van der Waals surface area contributed by atoms with E-state index in [1.165, 1.54) is 36.4 Å². The first-order valence-electron chi connectivity index (χ1n) is 15.8. The topological polar surface area (TPSA) is 108 Å². The van der Waals surface area contributed by atoms with Crippen molar-refractivity contribution >= 4 is 93.9 Å². The summed E-state index contributed by atoms with van der Waals surface area (Å²) in [5.41, 5.74) is 1.12. The summed E-state index contributed by atoms with van der Waals surface area (Å²) in [6.07, 6.45) is 9.00. The van der Waals surface area contributed by atoms with Crippen LogP contribution in [0.2, 0.25) is 20.1 Å². The summed E-state index contributed by atoms with van der Waals surface area (Å²) < 4.78 is 10.4. The molecule has 2 aliphatic heterocycles. The van der Waals surface area contributed by atoms with Gasteiger partial charge in [-0.3, -0.25) is 19.2 Å². The van der Waals surface area contributed by atoms with Crippen LogP contribution in [0.5, 0.6) is 0 Å². The molecule has 0 atom stereocenters. The van der Waals surface area contributed by atoms with E-state index in [1.54, 1.807) is 80.3 Å². The largest absolute Gasteiger partial charge is 0.459 e. The molecule has 0 radical (unpaired) electrons. The van der Waals surface area contributed by atoms with Crippen LogP contribution in [0.25, 0.3) is 12.2 Å². The number of carbonyl (C=O) groups is 4. The Morgan fingerprint density at radius 2 is 0.902 bits per heavy atom. The summed E-state index contributed by atoms with van der Waals surface area (Å²) in [5.74, 6) is -0.262. The number of nitrogens with zero attached hydrogens (tertiary/aromatic N) is 4. The molecule has 0 spiro atoms. The van der Waals surface area contributed by atoms with Crippen LogP contribution in [-0.2, 0) is 9.59 Å². The molecular weight excluding hydrogens is 758 g/mol. The molecule has 2 saturated heterocycles. The molecule has 2 fully saturated rings. The monoisotopic (exact) mass is 786 g/mol. The Labute approximate surface area is 318 Å². The number of rotatable bonds is 8. The number of amides is 4. The maximum absolute atomic E-state index is 12.9. The lowest BCUT2D eigenvalue weighted by Crippen LogP contribution is -2.50. The van der Waals surface area contributed by atoms with Crippen molar-refractivity contribution in [1.82, 2.24) is 19.6 Å². The highest BCUT2D eigenvalue weighted by Crippen LogP contribution is 2.44.